The van der Waals surface area contributed by atoms with Gasteiger partial charge in [-0.1, -0.05) is 31.9 Å². The summed E-state index contributed by atoms with van der Waals surface area (Å²) in [5, 5.41) is 7.71. The molecule has 0 fully saturated rings. The number of hydrogen-bond acceptors (Lipinski definition) is 4. The lowest BCUT2D eigenvalue weighted by Gasteiger charge is -2.02. The summed E-state index contributed by atoms with van der Waals surface area (Å²) in [6.45, 7) is 2.23. The highest BCUT2D eigenvalue weighted by molar-refractivity contribution is 7.99. The first-order chi connectivity index (χ1) is 10.4. The minimum atomic E-state index is 0.845. The van der Waals surface area contributed by atoms with E-state index in [2.05, 4.69) is 51.4 Å². The van der Waals surface area contributed by atoms with Crippen molar-refractivity contribution in [2.75, 3.05) is 5.75 Å². The fourth-order valence-corrected chi connectivity index (χ4v) is 3.08. The van der Waals surface area contributed by atoms with Gasteiger partial charge in [0, 0.05) is 10.5 Å². The molecule has 2 heterocycles. The average molecular weight is 298 g/mol. The standard InChI is InChI=1S/C16H18N4S/c1-2-3-4-9-21-13-7-5-12(6-8-13)16-19-14-10-17-18-11-15(14)20-16/h5-8,10-11H,2-4,9H2,1H3,(H,19,20). The second-order valence-electron chi connectivity index (χ2n) is 4.95. The molecule has 1 aromatic carbocycles. The Morgan fingerprint density at radius 1 is 1.05 bits per heavy atom. The zero-order valence-electron chi connectivity index (χ0n) is 12.0. The zero-order valence-corrected chi connectivity index (χ0v) is 12.9. The fraction of sp³-hybridized carbons (Fsp3) is 0.312. The molecule has 0 aliphatic heterocycles. The number of fused-ring (bicyclic) bond motifs is 1. The predicted molar refractivity (Wildman–Crippen MR) is 87.4 cm³/mol. The molecule has 0 saturated carbocycles. The minimum absolute atomic E-state index is 0.845. The number of benzene rings is 1. The number of nitrogens with zero attached hydrogens (tertiary/aromatic N) is 3. The smallest absolute Gasteiger partial charge is 0.138 e. The third-order valence-electron chi connectivity index (χ3n) is 3.34. The van der Waals surface area contributed by atoms with E-state index in [0.717, 1.165) is 22.4 Å². The lowest BCUT2D eigenvalue weighted by Crippen LogP contribution is -1.82. The summed E-state index contributed by atoms with van der Waals surface area (Å²) < 4.78 is 0. The van der Waals surface area contributed by atoms with E-state index in [1.54, 1.807) is 12.4 Å². The lowest BCUT2D eigenvalue weighted by atomic mass is 10.2. The van der Waals surface area contributed by atoms with Gasteiger partial charge in [-0.05, 0) is 24.3 Å². The highest BCUT2D eigenvalue weighted by Crippen LogP contribution is 2.24. The summed E-state index contributed by atoms with van der Waals surface area (Å²) in [5.41, 5.74) is 2.85. The van der Waals surface area contributed by atoms with E-state index >= 15 is 0 Å². The summed E-state index contributed by atoms with van der Waals surface area (Å²) in [6.07, 6.45) is 7.24. The minimum Gasteiger partial charge on any atom is -0.337 e. The molecule has 21 heavy (non-hydrogen) atoms. The summed E-state index contributed by atoms with van der Waals surface area (Å²) in [5.74, 6) is 2.05. The van der Waals surface area contributed by atoms with Gasteiger partial charge in [-0.25, -0.2) is 4.98 Å². The number of aromatic nitrogens is 4. The van der Waals surface area contributed by atoms with Crippen LogP contribution in [0.2, 0.25) is 0 Å². The van der Waals surface area contributed by atoms with Crippen LogP contribution in [0.1, 0.15) is 26.2 Å². The Kier molecular flexibility index (Phi) is 4.50. The molecule has 0 bridgehead atoms. The van der Waals surface area contributed by atoms with Crippen LogP contribution in [0, 0.1) is 0 Å². The molecule has 108 valence electrons. The molecule has 0 spiro atoms. The van der Waals surface area contributed by atoms with Gasteiger partial charge in [0.2, 0.25) is 0 Å². The SMILES string of the molecule is CCCCCSc1ccc(-c2nc3cnncc3[nH]2)cc1. The first kappa shape index (κ1) is 14.1. The lowest BCUT2D eigenvalue weighted by molar-refractivity contribution is 0.778. The van der Waals surface area contributed by atoms with Crippen LogP contribution in [0.5, 0.6) is 0 Å². The first-order valence-electron chi connectivity index (χ1n) is 7.26. The molecule has 0 aliphatic rings. The van der Waals surface area contributed by atoms with Crippen molar-refractivity contribution in [3.63, 3.8) is 0 Å². The number of aromatic amines is 1. The molecule has 0 aliphatic carbocycles. The van der Waals surface area contributed by atoms with Gasteiger partial charge >= 0.3 is 0 Å². The Hall–Kier alpha value is -1.88. The van der Waals surface area contributed by atoms with Crippen molar-refractivity contribution >= 4 is 22.8 Å². The van der Waals surface area contributed by atoms with Crippen LogP contribution < -0.4 is 0 Å². The van der Waals surface area contributed by atoms with E-state index in [4.69, 9.17) is 0 Å². The van der Waals surface area contributed by atoms with Crippen LogP contribution in [0.3, 0.4) is 0 Å². The molecule has 0 saturated heterocycles. The van der Waals surface area contributed by atoms with Crippen LogP contribution in [0.15, 0.2) is 41.6 Å². The largest absolute Gasteiger partial charge is 0.337 e. The summed E-state index contributed by atoms with van der Waals surface area (Å²) in [4.78, 5) is 9.12. The van der Waals surface area contributed by atoms with Gasteiger partial charge in [-0.3, -0.25) is 0 Å². The molecule has 0 atom stereocenters. The molecular weight excluding hydrogens is 280 g/mol. The molecule has 4 nitrogen and oxygen atoms in total. The summed E-state index contributed by atoms with van der Waals surface area (Å²) in [6, 6.07) is 8.55. The quantitative estimate of drug-likeness (QED) is 0.544. The monoisotopic (exact) mass is 298 g/mol. The maximum absolute atomic E-state index is 4.53. The van der Waals surface area contributed by atoms with Gasteiger partial charge in [0.1, 0.15) is 11.3 Å². The third-order valence-corrected chi connectivity index (χ3v) is 4.44. The normalized spacial score (nSPS) is 11.1. The molecule has 1 N–H and O–H groups in total. The molecule has 3 rings (SSSR count). The number of H-pyrrole nitrogens is 1. The summed E-state index contributed by atoms with van der Waals surface area (Å²) >= 11 is 1.92. The molecule has 3 aromatic rings. The van der Waals surface area contributed by atoms with Crippen LogP contribution >= 0.6 is 11.8 Å². The predicted octanol–water partition coefficient (Wildman–Crippen LogP) is 4.30. The Bertz CT molecular complexity index is 673. The van der Waals surface area contributed by atoms with Crippen LogP contribution in [-0.2, 0) is 0 Å². The van der Waals surface area contributed by atoms with Crippen molar-refractivity contribution in [2.45, 2.75) is 31.1 Å². The van der Waals surface area contributed by atoms with E-state index in [0.29, 0.717) is 0 Å². The van der Waals surface area contributed by atoms with Gasteiger partial charge in [-0.2, -0.15) is 10.2 Å². The Balaban J connectivity index is 1.71. The van der Waals surface area contributed by atoms with Crippen molar-refractivity contribution in [2.24, 2.45) is 0 Å². The molecule has 2 aromatic heterocycles. The Morgan fingerprint density at radius 3 is 2.62 bits per heavy atom. The highest BCUT2D eigenvalue weighted by Gasteiger charge is 2.05. The van der Waals surface area contributed by atoms with Gasteiger partial charge < -0.3 is 4.98 Å². The second-order valence-corrected chi connectivity index (χ2v) is 6.12. The number of thioether (sulfide) groups is 1. The number of hydrogen-bond donors (Lipinski definition) is 1. The van der Waals surface area contributed by atoms with Crippen molar-refractivity contribution < 1.29 is 0 Å². The van der Waals surface area contributed by atoms with Gasteiger partial charge in [0.05, 0.1) is 17.9 Å². The average Bonchev–Trinajstić information content (AvgIpc) is 2.96. The number of unbranched alkanes of at least 4 members (excludes halogenated alkanes) is 2. The molecular formula is C16H18N4S. The Morgan fingerprint density at radius 2 is 1.86 bits per heavy atom. The van der Waals surface area contributed by atoms with E-state index in [1.165, 1.54) is 29.9 Å². The van der Waals surface area contributed by atoms with Crippen LogP contribution in [-0.4, -0.2) is 25.9 Å². The molecule has 0 unspecified atom stereocenters. The van der Waals surface area contributed by atoms with Crippen molar-refractivity contribution in [1.29, 1.82) is 0 Å². The van der Waals surface area contributed by atoms with Crippen molar-refractivity contribution in [1.82, 2.24) is 20.2 Å². The van der Waals surface area contributed by atoms with E-state index in [-0.39, 0.29) is 0 Å². The number of rotatable bonds is 6. The first-order valence-corrected chi connectivity index (χ1v) is 8.25. The van der Waals surface area contributed by atoms with Crippen LogP contribution in [0.25, 0.3) is 22.4 Å². The molecule has 5 heteroatoms. The van der Waals surface area contributed by atoms with Gasteiger partial charge in [0.25, 0.3) is 0 Å². The van der Waals surface area contributed by atoms with E-state index < -0.39 is 0 Å². The molecule has 0 radical (unpaired) electrons. The molecule has 0 amide bonds. The third kappa shape index (κ3) is 3.42. The summed E-state index contributed by atoms with van der Waals surface area (Å²) in [7, 11) is 0. The highest BCUT2D eigenvalue weighted by atomic mass is 32.2. The van der Waals surface area contributed by atoms with Gasteiger partial charge in [0.15, 0.2) is 0 Å². The topological polar surface area (TPSA) is 54.5 Å². The fourth-order valence-electron chi connectivity index (χ4n) is 2.16. The van der Waals surface area contributed by atoms with E-state index in [1.807, 2.05) is 11.8 Å². The van der Waals surface area contributed by atoms with Crippen molar-refractivity contribution in [3.8, 4) is 11.4 Å². The Labute approximate surface area is 128 Å². The second kappa shape index (κ2) is 6.72. The van der Waals surface area contributed by atoms with Crippen LogP contribution in [0.4, 0.5) is 0 Å². The van der Waals surface area contributed by atoms with Crippen molar-refractivity contribution in [3.05, 3.63) is 36.7 Å². The van der Waals surface area contributed by atoms with E-state index in [9.17, 15) is 0 Å². The zero-order chi connectivity index (χ0) is 14.5. The maximum atomic E-state index is 4.53. The maximum Gasteiger partial charge on any atom is 0.138 e. The number of nitrogens with one attached hydrogen (secondary N) is 1. The number of imidazole rings is 1. The van der Waals surface area contributed by atoms with Gasteiger partial charge in [-0.15, -0.1) is 11.8 Å².